The second-order valence-electron chi connectivity index (χ2n) is 4.06. The van der Waals surface area contributed by atoms with Gasteiger partial charge in [-0.25, -0.2) is 9.78 Å². The zero-order chi connectivity index (χ0) is 13.6. The quantitative estimate of drug-likeness (QED) is 0.534. The Hall–Kier alpha value is -2.08. The summed E-state index contributed by atoms with van der Waals surface area (Å²) in [5.41, 5.74) is 2.36. The summed E-state index contributed by atoms with van der Waals surface area (Å²) in [6.07, 6.45) is 0. The summed E-state index contributed by atoms with van der Waals surface area (Å²) in [5, 5.41) is 10.3. The molecule has 0 unspecified atom stereocenters. The molecule has 0 atom stereocenters. The van der Waals surface area contributed by atoms with Crippen molar-refractivity contribution in [2.24, 2.45) is 0 Å². The number of hydrogen-bond acceptors (Lipinski definition) is 4. The minimum absolute atomic E-state index is 0.151. The largest absolute Gasteiger partial charge is 0.508 e. The predicted octanol–water partition coefficient (Wildman–Crippen LogP) is 2.97. The monoisotopic (exact) mass is 320 g/mol. The summed E-state index contributed by atoms with van der Waals surface area (Å²) < 4.78 is 5.31. The number of ether oxygens (including phenoxy) is 1. The highest BCUT2D eigenvalue weighted by Gasteiger charge is 2.16. The van der Waals surface area contributed by atoms with Crippen molar-refractivity contribution in [1.29, 1.82) is 0 Å². The maximum absolute atomic E-state index is 11.8. The number of aromatic hydroxyl groups is 1. The average Bonchev–Trinajstić information content (AvgIpc) is 2.74. The number of methoxy groups -OCH3 is 1. The van der Waals surface area contributed by atoms with Gasteiger partial charge in [-0.1, -0.05) is 0 Å². The molecule has 5 nitrogen and oxygen atoms in total. The molecule has 0 amide bonds. The Balaban J connectivity index is 2.45. The summed E-state index contributed by atoms with van der Waals surface area (Å²) in [7, 11) is 1.33. The van der Waals surface area contributed by atoms with Crippen molar-refractivity contribution < 1.29 is 14.6 Å². The molecule has 96 valence electrons. The molecule has 0 aliphatic heterocycles. The Kier molecular flexibility index (Phi) is 2.67. The van der Waals surface area contributed by atoms with Crippen LogP contribution in [0, 0.1) is 0 Å². The average molecular weight is 321 g/mol. The minimum atomic E-state index is -0.441. The molecule has 1 aromatic carbocycles. The number of H-pyrrole nitrogens is 1. The zero-order valence-electron chi connectivity index (χ0n) is 9.90. The van der Waals surface area contributed by atoms with Crippen LogP contribution in [0.4, 0.5) is 0 Å². The fraction of sp³-hybridized carbons (Fsp3) is 0.0769. The van der Waals surface area contributed by atoms with E-state index in [1.54, 1.807) is 24.3 Å². The zero-order valence-corrected chi connectivity index (χ0v) is 11.5. The van der Waals surface area contributed by atoms with Crippen LogP contribution in [-0.4, -0.2) is 28.2 Å². The standard InChI is InChI=1S/C13H9BrN2O3/c1-19-13(18)8-5-10(14)16-11-7-3-2-6(17)4-9(7)15-12(8)11/h2-5,15,17H,1H3. The van der Waals surface area contributed by atoms with Crippen LogP contribution in [0.3, 0.4) is 0 Å². The Labute approximate surface area is 116 Å². The maximum Gasteiger partial charge on any atom is 0.340 e. The number of aromatic amines is 1. The lowest BCUT2D eigenvalue weighted by molar-refractivity contribution is 0.0602. The van der Waals surface area contributed by atoms with Crippen molar-refractivity contribution in [3.63, 3.8) is 0 Å². The first-order valence-corrected chi connectivity index (χ1v) is 6.28. The first-order chi connectivity index (χ1) is 9.10. The number of aromatic nitrogens is 2. The number of phenolic OH excluding ortho intramolecular Hbond substituents is 1. The summed E-state index contributed by atoms with van der Waals surface area (Å²) in [6, 6.07) is 6.52. The summed E-state index contributed by atoms with van der Waals surface area (Å²) >= 11 is 3.28. The molecule has 3 aromatic rings. The number of fused-ring (bicyclic) bond motifs is 3. The molecule has 3 rings (SSSR count). The third kappa shape index (κ3) is 1.84. The molecule has 2 N–H and O–H groups in total. The molecule has 0 bridgehead atoms. The van der Waals surface area contributed by atoms with Crippen molar-refractivity contribution in [3.05, 3.63) is 34.4 Å². The number of carbonyl (C=O) groups is 1. The molecule has 0 saturated carbocycles. The van der Waals surface area contributed by atoms with Crippen LogP contribution in [0.1, 0.15) is 10.4 Å². The van der Waals surface area contributed by atoms with Crippen molar-refractivity contribution in [3.8, 4) is 5.75 Å². The smallest absolute Gasteiger partial charge is 0.340 e. The number of hydrogen-bond donors (Lipinski definition) is 2. The second kappa shape index (κ2) is 4.24. The van der Waals surface area contributed by atoms with E-state index >= 15 is 0 Å². The fourth-order valence-electron chi connectivity index (χ4n) is 2.08. The number of halogens is 1. The number of carbonyl (C=O) groups excluding carboxylic acids is 1. The number of phenols is 1. The van der Waals surface area contributed by atoms with E-state index < -0.39 is 5.97 Å². The number of nitrogens with zero attached hydrogens (tertiary/aromatic N) is 1. The van der Waals surface area contributed by atoms with Crippen molar-refractivity contribution >= 4 is 43.8 Å². The maximum atomic E-state index is 11.8. The summed E-state index contributed by atoms with van der Waals surface area (Å²) in [5.74, 6) is -0.290. The molecule has 19 heavy (non-hydrogen) atoms. The van der Waals surface area contributed by atoms with Crippen molar-refractivity contribution in [2.45, 2.75) is 0 Å². The first-order valence-electron chi connectivity index (χ1n) is 5.49. The molecular weight excluding hydrogens is 312 g/mol. The normalized spacial score (nSPS) is 11.1. The van der Waals surface area contributed by atoms with Crippen LogP contribution in [-0.2, 0) is 4.74 Å². The molecule has 2 aromatic heterocycles. The van der Waals surface area contributed by atoms with Crippen LogP contribution >= 0.6 is 15.9 Å². The number of pyridine rings is 1. The summed E-state index contributed by atoms with van der Waals surface area (Å²) in [6.45, 7) is 0. The van der Waals surface area contributed by atoms with Crippen LogP contribution in [0.2, 0.25) is 0 Å². The predicted molar refractivity (Wildman–Crippen MR) is 74.3 cm³/mol. The van der Waals surface area contributed by atoms with E-state index in [0.717, 1.165) is 5.39 Å². The Bertz CT molecular complexity index is 810. The molecule has 6 heteroatoms. The highest BCUT2D eigenvalue weighted by molar-refractivity contribution is 9.10. The van der Waals surface area contributed by atoms with Gasteiger partial charge in [0.15, 0.2) is 0 Å². The van der Waals surface area contributed by atoms with Gasteiger partial charge >= 0.3 is 5.97 Å². The van der Waals surface area contributed by atoms with Gasteiger partial charge in [0, 0.05) is 11.5 Å². The van der Waals surface area contributed by atoms with Gasteiger partial charge in [0.25, 0.3) is 0 Å². The second-order valence-corrected chi connectivity index (χ2v) is 4.88. The third-order valence-electron chi connectivity index (χ3n) is 2.91. The van der Waals surface area contributed by atoms with Gasteiger partial charge in [-0.2, -0.15) is 0 Å². The molecule has 2 heterocycles. The highest BCUT2D eigenvalue weighted by Crippen LogP contribution is 2.30. The van der Waals surface area contributed by atoms with E-state index in [1.165, 1.54) is 7.11 Å². The van der Waals surface area contributed by atoms with E-state index in [2.05, 4.69) is 25.9 Å². The lowest BCUT2D eigenvalue weighted by atomic mass is 10.2. The molecule has 0 radical (unpaired) electrons. The minimum Gasteiger partial charge on any atom is -0.508 e. The number of esters is 1. The Morgan fingerprint density at radius 2 is 2.21 bits per heavy atom. The molecule has 0 aliphatic rings. The van der Waals surface area contributed by atoms with E-state index in [-0.39, 0.29) is 5.75 Å². The van der Waals surface area contributed by atoms with Crippen molar-refractivity contribution in [1.82, 2.24) is 9.97 Å². The molecule has 0 fully saturated rings. The van der Waals surface area contributed by atoms with Gasteiger partial charge in [-0.3, -0.25) is 0 Å². The fourth-order valence-corrected chi connectivity index (χ4v) is 2.49. The van der Waals surface area contributed by atoms with Gasteiger partial charge in [0.2, 0.25) is 0 Å². The van der Waals surface area contributed by atoms with Crippen LogP contribution in [0.5, 0.6) is 5.75 Å². The first kappa shape index (κ1) is 12.0. The molecule has 0 saturated heterocycles. The Morgan fingerprint density at radius 1 is 1.42 bits per heavy atom. The van der Waals surface area contributed by atoms with E-state index in [9.17, 15) is 9.90 Å². The van der Waals surface area contributed by atoms with Crippen LogP contribution in [0.15, 0.2) is 28.9 Å². The van der Waals surface area contributed by atoms with E-state index in [1.807, 2.05) is 0 Å². The van der Waals surface area contributed by atoms with Gasteiger partial charge in [-0.05, 0) is 34.1 Å². The lowest BCUT2D eigenvalue weighted by Gasteiger charge is -2.01. The van der Waals surface area contributed by atoms with E-state index in [0.29, 0.717) is 26.7 Å². The third-order valence-corrected chi connectivity index (χ3v) is 3.32. The molecular formula is C13H9BrN2O3. The lowest BCUT2D eigenvalue weighted by Crippen LogP contribution is -2.02. The SMILES string of the molecule is COC(=O)c1cc(Br)nc2c1[nH]c1cc(O)ccc12. The van der Waals surface area contributed by atoms with Crippen molar-refractivity contribution in [2.75, 3.05) is 7.11 Å². The van der Waals surface area contributed by atoms with Crippen LogP contribution < -0.4 is 0 Å². The van der Waals surface area contributed by atoms with Gasteiger partial charge in [-0.15, -0.1) is 0 Å². The highest BCUT2D eigenvalue weighted by atomic mass is 79.9. The number of benzene rings is 1. The van der Waals surface area contributed by atoms with Gasteiger partial charge < -0.3 is 14.8 Å². The van der Waals surface area contributed by atoms with E-state index in [4.69, 9.17) is 4.74 Å². The molecule has 0 spiro atoms. The number of nitrogens with one attached hydrogen (secondary N) is 1. The number of rotatable bonds is 1. The van der Waals surface area contributed by atoms with Gasteiger partial charge in [0.1, 0.15) is 10.4 Å². The summed E-state index contributed by atoms with van der Waals surface area (Å²) in [4.78, 5) is 19.2. The Morgan fingerprint density at radius 3 is 2.95 bits per heavy atom. The molecule has 0 aliphatic carbocycles. The topological polar surface area (TPSA) is 75.2 Å². The van der Waals surface area contributed by atoms with Crippen LogP contribution in [0.25, 0.3) is 21.9 Å². The van der Waals surface area contributed by atoms with Gasteiger partial charge in [0.05, 0.1) is 29.2 Å².